The van der Waals surface area contributed by atoms with E-state index in [9.17, 15) is 0 Å². The molecule has 22 heavy (non-hydrogen) atoms. The van der Waals surface area contributed by atoms with Crippen molar-refractivity contribution in [3.63, 3.8) is 0 Å². The molecule has 2 aromatic carbocycles. The molecule has 0 radical (unpaired) electrons. The van der Waals surface area contributed by atoms with Gasteiger partial charge in [0.2, 0.25) is 0 Å². The topological polar surface area (TPSA) is 21.3 Å². The average molecular weight is 383 g/mol. The number of hydrogen-bond acceptors (Lipinski definition) is 2. The van der Waals surface area contributed by atoms with Crippen molar-refractivity contribution in [3.8, 4) is 5.75 Å². The van der Waals surface area contributed by atoms with Gasteiger partial charge in [-0.05, 0) is 71.6 Å². The van der Waals surface area contributed by atoms with Crippen molar-refractivity contribution in [3.05, 3.63) is 63.1 Å². The van der Waals surface area contributed by atoms with Crippen molar-refractivity contribution in [1.29, 1.82) is 0 Å². The Hall–Kier alpha value is -1.03. The maximum Gasteiger partial charge on any atom is 0.133 e. The van der Waals surface area contributed by atoms with E-state index in [0.717, 1.165) is 34.6 Å². The summed E-state index contributed by atoms with van der Waals surface area (Å²) in [6.45, 7) is 3.11. The zero-order chi connectivity index (χ0) is 15.9. The fourth-order valence-electron chi connectivity index (χ4n) is 2.36. The van der Waals surface area contributed by atoms with Crippen LogP contribution >= 0.6 is 27.5 Å². The molecule has 0 fully saturated rings. The first-order valence-electron chi connectivity index (χ1n) is 7.42. The number of aryl methyl sites for hydroxylation is 1. The van der Waals surface area contributed by atoms with Crippen LogP contribution in [0.5, 0.6) is 5.75 Å². The van der Waals surface area contributed by atoms with E-state index in [1.165, 1.54) is 11.1 Å². The Morgan fingerprint density at radius 3 is 2.73 bits per heavy atom. The van der Waals surface area contributed by atoms with Crippen molar-refractivity contribution >= 4 is 27.5 Å². The summed E-state index contributed by atoms with van der Waals surface area (Å²) in [6, 6.07) is 14.5. The molecule has 0 aliphatic heterocycles. The third kappa shape index (κ3) is 4.73. The highest BCUT2D eigenvalue weighted by Crippen LogP contribution is 2.28. The third-order valence-corrected chi connectivity index (χ3v) is 4.73. The predicted octanol–water partition coefficient (Wildman–Crippen LogP) is 5.39. The Bertz CT molecular complexity index is 618. The summed E-state index contributed by atoms with van der Waals surface area (Å²) in [4.78, 5) is 0. The monoisotopic (exact) mass is 381 g/mol. The molecule has 0 heterocycles. The van der Waals surface area contributed by atoms with E-state index in [2.05, 4.69) is 46.4 Å². The third-order valence-electron chi connectivity index (χ3n) is 3.71. The number of halogens is 2. The van der Waals surface area contributed by atoms with E-state index in [1.807, 2.05) is 24.3 Å². The van der Waals surface area contributed by atoms with Crippen LogP contribution in [-0.4, -0.2) is 13.7 Å². The Kier molecular flexibility index (Phi) is 6.74. The van der Waals surface area contributed by atoms with Crippen molar-refractivity contribution in [2.24, 2.45) is 0 Å². The Labute approximate surface area is 146 Å². The average Bonchev–Trinajstić information content (AvgIpc) is 2.53. The molecule has 1 atom stereocenters. The predicted molar refractivity (Wildman–Crippen MR) is 96.9 cm³/mol. The van der Waals surface area contributed by atoms with Gasteiger partial charge in [-0.1, -0.05) is 35.9 Å². The van der Waals surface area contributed by atoms with Crippen LogP contribution in [0.4, 0.5) is 0 Å². The second kappa shape index (κ2) is 8.56. The molecular weight excluding hydrogens is 362 g/mol. The fraction of sp³-hybridized carbons (Fsp3) is 0.333. The molecule has 1 N–H and O–H groups in total. The number of benzene rings is 2. The van der Waals surface area contributed by atoms with Crippen molar-refractivity contribution < 1.29 is 4.74 Å². The van der Waals surface area contributed by atoms with Crippen molar-refractivity contribution in [2.75, 3.05) is 13.7 Å². The maximum atomic E-state index is 6.17. The SMILES string of the molecule is COc1cc(C(C)NCCCc2ccccc2Cl)ccc1Br. The van der Waals surface area contributed by atoms with Crippen LogP contribution in [0.2, 0.25) is 5.02 Å². The lowest BCUT2D eigenvalue weighted by atomic mass is 10.1. The standard InChI is InChI=1S/C18H21BrClNO/c1-13(15-9-10-16(19)18(12-15)22-2)21-11-5-7-14-6-3-4-8-17(14)20/h3-4,6,8-10,12-13,21H,5,7,11H2,1-2H3. The molecule has 2 rings (SSSR count). The summed E-state index contributed by atoms with van der Waals surface area (Å²) in [5, 5.41) is 4.40. The summed E-state index contributed by atoms with van der Waals surface area (Å²) < 4.78 is 6.32. The molecule has 0 amide bonds. The molecule has 0 spiro atoms. The van der Waals surface area contributed by atoms with Gasteiger partial charge in [0.25, 0.3) is 0 Å². The van der Waals surface area contributed by atoms with Gasteiger partial charge in [-0.25, -0.2) is 0 Å². The summed E-state index contributed by atoms with van der Waals surface area (Å²) in [6.07, 6.45) is 2.05. The summed E-state index contributed by atoms with van der Waals surface area (Å²) in [7, 11) is 1.69. The zero-order valence-electron chi connectivity index (χ0n) is 12.9. The number of ether oxygens (including phenoxy) is 1. The largest absolute Gasteiger partial charge is 0.496 e. The number of rotatable bonds is 7. The molecule has 0 bridgehead atoms. The van der Waals surface area contributed by atoms with Crippen LogP contribution in [0.1, 0.15) is 30.5 Å². The number of methoxy groups -OCH3 is 1. The molecule has 0 aromatic heterocycles. The second-order valence-electron chi connectivity index (χ2n) is 5.26. The maximum absolute atomic E-state index is 6.17. The zero-order valence-corrected chi connectivity index (χ0v) is 15.2. The van der Waals surface area contributed by atoms with E-state index in [4.69, 9.17) is 16.3 Å². The molecule has 1 unspecified atom stereocenters. The lowest BCUT2D eigenvalue weighted by Crippen LogP contribution is -2.20. The van der Waals surface area contributed by atoms with E-state index < -0.39 is 0 Å². The molecule has 2 aromatic rings. The first kappa shape index (κ1) is 17.3. The molecule has 0 aliphatic carbocycles. The first-order valence-corrected chi connectivity index (χ1v) is 8.59. The highest BCUT2D eigenvalue weighted by Gasteiger charge is 2.08. The van der Waals surface area contributed by atoms with Gasteiger partial charge in [-0.2, -0.15) is 0 Å². The van der Waals surface area contributed by atoms with Gasteiger partial charge in [-0.15, -0.1) is 0 Å². The highest BCUT2D eigenvalue weighted by atomic mass is 79.9. The van der Waals surface area contributed by atoms with E-state index in [-0.39, 0.29) is 6.04 Å². The summed E-state index contributed by atoms with van der Waals surface area (Å²) >= 11 is 9.65. The summed E-state index contributed by atoms with van der Waals surface area (Å²) in [5.41, 5.74) is 2.43. The normalized spacial score (nSPS) is 12.2. The quantitative estimate of drug-likeness (QED) is 0.648. The molecule has 118 valence electrons. The summed E-state index contributed by atoms with van der Waals surface area (Å²) in [5.74, 6) is 0.863. The molecule has 0 saturated heterocycles. The van der Waals surface area contributed by atoms with Crippen molar-refractivity contribution in [2.45, 2.75) is 25.8 Å². The van der Waals surface area contributed by atoms with Crippen LogP contribution in [0.25, 0.3) is 0 Å². The van der Waals surface area contributed by atoms with E-state index in [0.29, 0.717) is 0 Å². The van der Waals surface area contributed by atoms with E-state index >= 15 is 0 Å². The van der Waals surface area contributed by atoms with Gasteiger partial charge < -0.3 is 10.1 Å². The first-order chi connectivity index (χ1) is 10.6. The molecule has 0 aliphatic rings. The lowest BCUT2D eigenvalue weighted by Gasteiger charge is -2.16. The minimum absolute atomic E-state index is 0.285. The Balaban J connectivity index is 1.83. The molecule has 2 nitrogen and oxygen atoms in total. The number of hydrogen-bond donors (Lipinski definition) is 1. The van der Waals surface area contributed by atoms with Crippen LogP contribution < -0.4 is 10.1 Å². The van der Waals surface area contributed by atoms with E-state index in [1.54, 1.807) is 7.11 Å². The van der Waals surface area contributed by atoms with Gasteiger partial charge in [0, 0.05) is 11.1 Å². The van der Waals surface area contributed by atoms with Gasteiger partial charge in [0.05, 0.1) is 11.6 Å². The van der Waals surface area contributed by atoms with Gasteiger partial charge >= 0.3 is 0 Å². The highest BCUT2D eigenvalue weighted by molar-refractivity contribution is 9.10. The number of nitrogens with one attached hydrogen (secondary N) is 1. The second-order valence-corrected chi connectivity index (χ2v) is 6.53. The van der Waals surface area contributed by atoms with Crippen LogP contribution in [-0.2, 0) is 6.42 Å². The van der Waals surface area contributed by atoms with Crippen LogP contribution in [0, 0.1) is 0 Å². The fourth-order valence-corrected chi connectivity index (χ4v) is 3.00. The van der Waals surface area contributed by atoms with Gasteiger partial charge in [-0.3, -0.25) is 0 Å². The van der Waals surface area contributed by atoms with Gasteiger partial charge in [0.15, 0.2) is 0 Å². The van der Waals surface area contributed by atoms with Gasteiger partial charge in [0.1, 0.15) is 5.75 Å². The van der Waals surface area contributed by atoms with Crippen LogP contribution in [0.15, 0.2) is 46.9 Å². The Morgan fingerprint density at radius 2 is 2.00 bits per heavy atom. The molecule has 0 saturated carbocycles. The Morgan fingerprint density at radius 1 is 1.23 bits per heavy atom. The molecular formula is C18H21BrClNO. The minimum Gasteiger partial charge on any atom is -0.496 e. The van der Waals surface area contributed by atoms with Crippen molar-refractivity contribution in [1.82, 2.24) is 5.32 Å². The smallest absolute Gasteiger partial charge is 0.133 e. The van der Waals surface area contributed by atoms with Crippen LogP contribution in [0.3, 0.4) is 0 Å². The lowest BCUT2D eigenvalue weighted by molar-refractivity contribution is 0.410. The molecule has 4 heteroatoms. The minimum atomic E-state index is 0.285.